The number of aldehydes is 1. The fourth-order valence-corrected chi connectivity index (χ4v) is 2.75. The van der Waals surface area contributed by atoms with E-state index in [2.05, 4.69) is 4.98 Å². The van der Waals surface area contributed by atoms with E-state index in [0.717, 1.165) is 22.4 Å². The molecule has 0 spiro atoms. The number of benzene rings is 1. The number of rotatable bonds is 3. The lowest BCUT2D eigenvalue weighted by Gasteiger charge is -1.92. The second kappa shape index (κ2) is 4.14. The molecular weight excluding hydrogens is 234 g/mol. The van der Waals surface area contributed by atoms with Gasteiger partial charge in [-0.3, -0.25) is 4.79 Å². The minimum absolute atomic E-state index is 0.393. The lowest BCUT2D eigenvalue weighted by atomic mass is 10.2. The van der Waals surface area contributed by atoms with Crippen molar-refractivity contribution in [2.45, 2.75) is 6.42 Å². The Labute approximate surface area is 102 Å². The minimum Gasteiger partial charge on any atom is -0.461 e. The SMILES string of the molecule is O=Cc1occc1Cc1nc2ccccc2s1. The zero-order valence-corrected chi connectivity index (χ0v) is 9.74. The topological polar surface area (TPSA) is 43.1 Å². The molecule has 0 radical (unpaired) electrons. The van der Waals surface area contributed by atoms with Crippen LogP contribution in [0.2, 0.25) is 0 Å². The van der Waals surface area contributed by atoms with E-state index >= 15 is 0 Å². The Hall–Kier alpha value is -1.94. The molecule has 3 aromatic rings. The Morgan fingerprint density at radius 3 is 3.00 bits per heavy atom. The van der Waals surface area contributed by atoms with Gasteiger partial charge in [0.05, 0.1) is 21.5 Å². The molecule has 0 aliphatic heterocycles. The summed E-state index contributed by atoms with van der Waals surface area (Å²) < 4.78 is 6.23. The number of furan rings is 1. The van der Waals surface area contributed by atoms with Crippen LogP contribution < -0.4 is 0 Å². The molecule has 0 saturated heterocycles. The van der Waals surface area contributed by atoms with Gasteiger partial charge >= 0.3 is 0 Å². The summed E-state index contributed by atoms with van der Waals surface area (Å²) in [4.78, 5) is 15.3. The molecule has 3 rings (SSSR count). The quantitative estimate of drug-likeness (QED) is 0.663. The summed E-state index contributed by atoms with van der Waals surface area (Å²) in [5, 5.41) is 0.996. The normalized spacial score (nSPS) is 10.8. The highest BCUT2D eigenvalue weighted by Gasteiger charge is 2.09. The minimum atomic E-state index is 0.393. The van der Waals surface area contributed by atoms with Crippen molar-refractivity contribution in [3.05, 3.63) is 52.9 Å². The van der Waals surface area contributed by atoms with Crippen molar-refractivity contribution in [3.63, 3.8) is 0 Å². The Balaban J connectivity index is 1.97. The Morgan fingerprint density at radius 1 is 1.29 bits per heavy atom. The predicted octanol–water partition coefficient (Wildman–Crippen LogP) is 3.29. The first kappa shape index (κ1) is 10.2. The first-order chi connectivity index (χ1) is 8.36. The number of nitrogens with zero attached hydrogens (tertiary/aromatic N) is 1. The number of carbonyl (C=O) groups is 1. The largest absolute Gasteiger partial charge is 0.461 e. The fraction of sp³-hybridized carbons (Fsp3) is 0.0769. The number of hydrogen-bond donors (Lipinski definition) is 0. The van der Waals surface area contributed by atoms with Crippen LogP contribution in [0.4, 0.5) is 0 Å². The summed E-state index contributed by atoms with van der Waals surface area (Å²) in [6.45, 7) is 0. The molecule has 0 amide bonds. The third-order valence-electron chi connectivity index (χ3n) is 2.57. The van der Waals surface area contributed by atoms with E-state index < -0.39 is 0 Å². The maximum atomic E-state index is 10.7. The fourth-order valence-electron chi connectivity index (χ4n) is 1.76. The first-order valence-electron chi connectivity index (χ1n) is 5.23. The van der Waals surface area contributed by atoms with Gasteiger partial charge in [-0.25, -0.2) is 4.98 Å². The van der Waals surface area contributed by atoms with E-state index in [9.17, 15) is 4.79 Å². The Bertz CT molecular complexity index is 636. The smallest absolute Gasteiger partial charge is 0.185 e. The third-order valence-corrected chi connectivity index (χ3v) is 3.60. The van der Waals surface area contributed by atoms with E-state index in [4.69, 9.17) is 4.42 Å². The summed E-state index contributed by atoms with van der Waals surface area (Å²) in [5.41, 5.74) is 1.89. The number of thiazole rings is 1. The lowest BCUT2D eigenvalue weighted by Crippen LogP contribution is -1.89. The maximum absolute atomic E-state index is 10.7. The molecule has 0 aliphatic rings. The van der Waals surface area contributed by atoms with Crippen LogP contribution in [0.3, 0.4) is 0 Å². The highest BCUT2D eigenvalue weighted by molar-refractivity contribution is 7.18. The van der Waals surface area contributed by atoms with Crippen LogP contribution in [-0.2, 0) is 6.42 Å². The predicted molar refractivity (Wildman–Crippen MR) is 66.5 cm³/mol. The first-order valence-corrected chi connectivity index (χ1v) is 6.04. The Morgan fingerprint density at radius 2 is 2.18 bits per heavy atom. The van der Waals surface area contributed by atoms with Gasteiger partial charge in [-0.05, 0) is 18.2 Å². The average Bonchev–Trinajstić information content (AvgIpc) is 2.94. The molecule has 17 heavy (non-hydrogen) atoms. The second-order valence-electron chi connectivity index (χ2n) is 3.68. The van der Waals surface area contributed by atoms with Crippen LogP contribution in [0, 0.1) is 0 Å². The molecule has 0 bridgehead atoms. The van der Waals surface area contributed by atoms with Gasteiger partial charge in [0.25, 0.3) is 0 Å². The molecule has 84 valence electrons. The molecule has 0 N–H and O–H groups in total. The van der Waals surface area contributed by atoms with Crippen LogP contribution in [0.5, 0.6) is 0 Å². The molecule has 0 aliphatic carbocycles. The number of aromatic nitrogens is 1. The van der Waals surface area contributed by atoms with Crippen LogP contribution in [0.1, 0.15) is 21.1 Å². The van der Waals surface area contributed by atoms with Crippen LogP contribution >= 0.6 is 11.3 Å². The maximum Gasteiger partial charge on any atom is 0.185 e. The number of fused-ring (bicyclic) bond motifs is 1. The van der Waals surface area contributed by atoms with Gasteiger partial charge in [-0.15, -0.1) is 11.3 Å². The highest BCUT2D eigenvalue weighted by Crippen LogP contribution is 2.24. The molecule has 1 aromatic carbocycles. The molecule has 4 heteroatoms. The molecule has 2 heterocycles. The zero-order chi connectivity index (χ0) is 11.7. The van der Waals surface area contributed by atoms with Gasteiger partial charge in [-0.1, -0.05) is 12.1 Å². The monoisotopic (exact) mass is 243 g/mol. The van der Waals surface area contributed by atoms with Crippen molar-refractivity contribution in [1.29, 1.82) is 0 Å². The summed E-state index contributed by atoms with van der Waals surface area (Å²) >= 11 is 1.65. The molecule has 0 saturated carbocycles. The highest BCUT2D eigenvalue weighted by atomic mass is 32.1. The second-order valence-corrected chi connectivity index (χ2v) is 4.80. The van der Waals surface area contributed by atoms with Gasteiger partial charge in [0, 0.05) is 12.0 Å². The number of carbonyl (C=O) groups excluding carboxylic acids is 1. The summed E-state index contributed by atoms with van der Waals surface area (Å²) in [6.07, 6.45) is 2.92. The van der Waals surface area contributed by atoms with E-state index in [1.807, 2.05) is 30.3 Å². The number of hydrogen-bond acceptors (Lipinski definition) is 4. The van der Waals surface area contributed by atoms with Crippen molar-refractivity contribution >= 4 is 27.8 Å². The van der Waals surface area contributed by atoms with Crippen molar-refractivity contribution < 1.29 is 9.21 Å². The molecule has 0 atom stereocenters. The summed E-state index contributed by atoms with van der Waals surface area (Å²) in [5.74, 6) is 0.393. The van der Waals surface area contributed by atoms with Gasteiger partial charge in [0.15, 0.2) is 12.0 Å². The van der Waals surface area contributed by atoms with Crippen molar-refractivity contribution in [2.24, 2.45) is 0 Å². The summed E-state index contributed by atoms with van der Waals surface area (Å²) in [7, 11) is 0. The van der Waals surface area contributed by atoms with E-state index in [1.54, 1.807) is 11.3 Å². The molecule has 0 fully saturated rings. The standard InChI is InChI=1S/C13H9NO2S/c15-8-11-9(5-6-16-11)7-13-14-10-3-1-2-4-12(10)17-13/h1-6,8H,7H2. The summed E-state index contributed by atoms with van der Waals surface area (Å²) in [6, 6.07) is 9.83. The van der Waals surface area contributed by atoms with Gasteiger partial charge in [0.1, 0.15) is 0 Å². The van der Waals surface area contributed by atoms with Crippen molar-refractivity contribution in [2.75, 3.05) is 0 Å². The lowest BCUT2D eigenvalue weighted by molar-refractivity contribution is 0.109. The molecular formula is C13H9NO2S. The molecule has 0 unspecified atom stereocenters. The van der Waals surface area contributed by atoms with Gasteiger partial charge < -0.3 is 4.42 Å². The van der Waals surface area contributed by atoms with E-state index in [-0.39, 0.29) is 0 Å². The van der Waals surface area contributed by atoms with E-state index in [0.29, 0.717) is 12.2 Å². The van der Waals surface area contributed by atoms with Gasteiger partial charge in [-0.2, -0.15) is 0 Å². The Kier molecular flexibility index (Phi) is 2.49. The third kappa shape index (κ3) is 1.87. The molecule has 2 aromatic heterocycles. The zero-order valence-electron chi connectivity index (χ0n) is 8.92. The number of para-hydroxylation sites is 1. The van der Waals surface area contributed by atoms with Gasteiger partial charge in [0.2, 0.25) is 0 Å². The molecule has 3 nitrogen and oxygen atoms in total. The van der Waals surface area contributed by atoms with Crippen LogP contribution in [-0.4, -0.2) is 11.3 Å². The average molecular weight is 243 g/mol. The van der Waals surface area contributed by atoms with Crippen LogP contribution in [0.25, 0.3) is 10.2 Å². The van der Waals surface area contributed by atoms with Crippen LogP contribution in [0.15, 0.2) is 41.0 Å². The van der Waals surface area contributed by atoms with Crippen molar-refractivity contribution in [1.82, 2.24) is 4.98 Å². The van der Waals surface area contributed by atoms with Crippen molar-refractivity contribution in [3.8, 4) is 0 Å². The van der Waals surface area contributed by atoms with E-state index in [1.165, 1.54) is 11.0 Å².